The van der Waals surface area contributed by atoms with Crippen LogP contribution >= 0.6 is 0 Å². The fourth-order valence-electron chi connectivity index (χ4n) is 2.35. The third-order valence-electron chi connectivity index (χ3n) is 3.28. The molecule has 7 heteroatoms. The lowest BCUT2D eigenvalue weighted by atomic mass is 10.0. The van der Waals surface area contributed by atoms with Gasteiger partial charge in [-0.1, -0.05) is 0 Å². The van der Waals surface area contributed by atoms with E-state index < -0.39 is 6.09 Å². The zero-order chi connectivity index (χ0) is 15.2. The van der Waals surface area contributed by atoms with Gasteiger partial charge in [-0.05, 0) is 25.8 Å². The molecule has 114 valence electrons. The molecule has 1 aromatic rings. The van der Waals surface area contributed by atoms with E-state index in [0.717, 1.165) is 12.8 Å². The largest absolute Gasteiger partial charge is 0.506 e. The predicted molar refractivity (Wildman–Crippen MR) is 75.0 cm³/mol. The number of nitrogens with zero attached hydrogens (tertiary/aromatic N) is 2. The second kappa shape index (κ2) is 6.92. The molecule has 21 heavy (non-hydrogen) atoms. The Labute approximate surface area is 122 Å². The van der Waals surface area contributed by atoms with Crippen molar-refractivity contribution in [2.24, 2.45) is 0 Å². The van der Waals surface area contributed by atoms with Gasteiger partial charge >= 0.3 is 6.09 Å². The van der Waals surface area contributed by atoms with Crippen LogP contribution in [-0.2, 0) is 4.74 Å². The standard InChI is InChI=1S/C14H19N3O4/c1-2-21-14(20)16-11-4-3-5-17(9-11)13(19)10-6-12(18)8-15-7-10/h6-8,11,18H,2-5,9H2,1H3,(H,16,20). The lowest BCUT2D eigenvalue weighted by Gasteiger charge is -2.32. The van der Waals surface area contributed by atoms with E-state index in [1.165, 1.54) is 18.5 Å². The molecule has 2 heterocycles. The Morgan fingerprint density at radius 3 is 3.05 bits per heavy atom. The van der Waals surface area contributed by atoms with Gasteiger partial charge in [0.2, 0.25) is 0 Å². The van der Waals surface area contributed by atoms with Crippen LogP contribution in [0, 0.1) is 0 Å². The van der Waals surface area contributed by atoms with Crippen molar-refractivity contribution < 1.29 is 19.4 Å². The number of aromatic nitrogens is 1. The molecule has 1 unspecified atom stereocenters. The molecule has 2 N–H and O–H groups in total. The molecule has 1 aliphatic rings. The molecule has 1 aliphatic heterocycles. The summed E-state index contributed by atoms with van der Waals surface area (Å²) in [6.07, 6.45) is 3.84. The number of likely N-dealkylation sites (tertiary alicyclic amines) is 1. The predicted octanol–water partition coefficient (Wildman–Crippen LogP) is 1.14. The van der Waals surface area contributed by atoms with Crippen LogP contribution in [0.5, 0.6) is 5.75 Å². The van der Waals surface area contributed by atoms with Crippen LogP contribution in [0.2, 0.25) is 0 Å². The van der Waals surface area contributed by atoms with Gasteiger partial charge in [0.05, 0.1) is 18.4 Å². The molecule has 0 aliphatic carbocycles. The topological polar surface area (TPSA) is 91.8 Å². The highest BCUT2D eigenvalue weighted by molar-refractivity contribution is 5.94. The maximum atomic E-state index is 12.3. The Balaban J connectivity index is 1.97. The molecule has 1 atom stereocenters. The van der Waals surface area contributed by atoms with E-state index in [1.54, 1.807) is 11.8 Å². The van der Waals surface area contributed by atoms with E-state index in [0.29, 0.717) is 25.3 Å². The van der Waals surface area contributed by atoms with E-state index in [4.69, 9.17) is 4.74 Å². The number of carbonyl (C=O) groups excluding carboxylic acids is 2. The van der Waals surface area contributed by atoms with Gasteiger partial charge in [-0.25, -0.2) is 4.79 Å². The van der Waals surface area contributed by atoms with Crippen molar-refractivity contribution in [2.75, 3.05) is 19.7 Å². The Morgan fingerprint density at radius 2 is 2.33 bits per heavy atom. The first kappa shape index (κ1) is 15.1. The first-order valence-corrected chi connectivity index (χ1v) is 6.96. The van der Waals surface area contributed by atoms with Crippen LogP contribution in [0.15, 0.2) is 18.5 Å². The van der Waals surface area contributed by atoms with Gasteiger partial charge < -0.3 is 20.1 Å². The molecule has 0 aromatic carbocycles. The second-order valence-electron chi connectivity index (χ2n) is 4.89. The highest BCUT2D eigenvalue weighted by Crippen LogP contribution is 2.16. The lowest BCUT2D eigenvalue weighted by molar-refractivity contribution is 0.0685. The van der Waals surface area contributed by atoms with Gasteiger partial charge in [-0.3, -0.25) is 9.78 Å². The third-order valence-corrected chi connectivity index (χ3v) is 3.28. The Bertz CT molecular complexity index is 521. The number of pyridine rings is 1. The molecule has 0 bridgehead atoms. The molecule has 0 saturated carbocycles. The summed E-state index contributed by atoms with van der Waals surface area (Å²) in [6.45, 7) is 3.10. The van der Waals surface area contributed by atoms with Crippen LogP contribution in [0.3, 0.4) is 0 Å². The maximum absolute atomic E-state index is 12.3. The van der Waals surface area contributed by atoms with Gasteiger partial charge in [0.1, 0.15) is 5.75 Å². The van der Waals surface area contributed by atoms with Gasteiger partial charge in [0.25, 0.3) is 5.91 Å². The third kappa shape index (κ3) is 4.08. The van der Waals surface area contributed by atoms with Crippen molar-refractivity contribution in [2.45, 2.75) is 25.8 Å². The molecular weight excluding hydrogens is 274 g/mol. The number of hydrogen-bond acceptors (Lipinski definition) is 5. The van der Waals surface area contributed by atoms with Gasteiger partial charge in [-0.15, -0.1) is 0 Å². The van der Waals surface area contributed by atoms with Crippen LogP contribution in [-0.4, -0.2) is 52.7 Å². The minimum Gasteiger partial charge on any atom is -0.506 e. The summed E-state index contributed by atoms with van der Waals surface area (Å²) in [6, 6.07) is 1.27. The Hall–Kier alpha value is -2.31. The number of hydrogen-bond donors (Lipinski definition) is 2. The van der Waals surface area contributed by atoms with Crippen LogP contribution in [0.1, 0.15) is 30.1 Å². The number of amides is 2. The van der Waals surface area contributed by atoms with Crippen molar-refractivity contribution in [3.8, 4) is 5.75 Å². The zero-order valence-corrected chi connectivity index (χ0v) is 11.9. The molecule has 2 rings (SSSR count). The minimum atomic E-state index is -0.462. The van der Waals surface area contributed by atoms with Crippen LogP contribution < -0.4 is 5.32 Å². The average molecular weight is 293 g/mol. The first-order chi connectivity index (χ1) is 10.1. The number of nitrogens with one attached hydrogen (secondary N) is 1. The maximum Gasteiger partial charge on any atom is 0.407 e. The SMILES string of the molecule is CCOC(=O)NC1CCCN(C(=O)c2cncc(O)c2)C1. The number of ether oxygens (including phenoxy) is 1. The first-order valence-electron chi connectivity index (χ1n) is 6.96. The number of aromatic hydroxyl groups is 1. The molecule has 1 fully saturated rings. The Kier molecular flexibility index (Phi) is 4.97. The normalized spacial score (nSPS) is 18.1. The fraction of sp³-hybridized carbons (Fsp3) is 0.500. The molecule has 1 saturated heterocycles. The Morgan fingerprint density at radius 1 is 1.52 bits per heavy atom. The monoisotopic (exact) mass is 293 g/mol. The minimum absolute atomic E-state index is 0.0425. The van der Waals surface area contributed by atoms with Crippen LogP contribution in [0.4, 0.5) is 4.79 Å². The van der Waals surface area contributed by atoms with E-state index in [1.807, 2.05) is 0 Å². The number of piperidine rings is 1. The summed E-state index contributed by atoms with van der Waals surface area (Å²) in [7, 11) is 0. The zero-order valence-electron chi connectivity index (χ0n) is 11.9. The summed E-state index contributed by atoms with van der Waals surface area (Å²) in [5.74, 6) is -0.243. The van der Waals surface area contributed by atoms with E-state index >= 15 is 0 Å². The smallest absolute Gasteiger partial charge is 0.407 e. The summed E-state index contributed by atoms with van der Waals surface area (Å²) >= 11 is 0. The van der Waals surface area contributed by atoms with Crippen molar-refractivity contribution >= 4 is 12.0 Å². The van der Waals surface area contributed by atoms with Crippen molar-refractivity contribution in [3.05, 3.63) is 24.0 Å². The molecule has 0 radical (unpaired) electrons. The van der Waals surface area contributed by atoms with Gasteiger partial charge in [0, 0.05) is 25.3 Å². The van der Waals surface area contributed by atoms with Crippen LogP contribution in [0.25, 0.3) is 0 Å². The fourth-order valence-corrected chi connectivity index (χ4v) is 2.35. The van der Waals surface area contributed by atoms with Gasteiger partial charge in [-0.2, -0.15) is 0 Å². The van der Waals surface area contributed by atoms with Crippen molar-refractivity contribution in [1.82, 2.24) is 15.2 Å². The van der Waals surface area contributed by atoms with E-state index in [-0.39, 0.29) is 17.7 Å². The molecule has 2 amide bonds. The summed E-state index contributed by atoms with van der Waals surface area (Å²) in [5.41, 5.74) is 0.340. The van der Waals surface area contributed by atoms with E-state index in [2.05, 4.69) is 10.3 Å². The number of rotatable bonds is 3. The lowest BCUT2D eigenvalue weighted by Crippen LogP contribution is -2.49. The summed E-state index contributed by atoms with van der Waals surface area (Å²) < 4.78 is 4.84. The highest BCUT2D eigenvalue weighted by Gasteiger charge is 2.26. The summed E-state index contributed by atoms with van der Waals surface area (Å²) in [5, 5.41) is 12.1. The number of carbonyl (C=O) groups is 2. The second-order valence-corrected chi connectivity index (χ2v) is 4.89. The molecule has 7 nitrogen and oxygen atoms in total. The molecule has 0 spiro atoms. The quantitative estimate of drug-likeness (QED) is 0.872. The molecule has 1 aromatic heterocycles. The molecular formula is C14H19N3O4. The van der Waals surface area contributed by atoms with Crippen molar-refractivity contribution in [1.29, 1.82) is 0 Å². The number of alkyl carbamates (subject to hydrolysis) is 1. The average Bonchev–Trinajstić information content (AvgIpc) is 2.47. The van der Waals surface area contributed by atoms with Gasteiger partial charge in [0.15, 0.2) is 0 Å². The van der Waals surface area contributed by atoms with E-state index in [9.17, 15) is 14.7 Å². The summed E-state index contributed by atoms with van der Waals surface area (Å²) in [4.78, 5) is 29.2. The van der Waals surface area contributed by atoms with Crippen molar-refractivity contribution in [3.63, 3.8) is 0 Å². The highest BCUT2D eigenvalue weighted by atomic mass is 16.5.